The largest absolute Gasteiger partial charge is 0.496 e. The third kappa shape index (κ3) is 3.20. The molecule has 1 unspecified atom stereocenters. The molecule has 0 spiro atoms. The van der Waals surface area contributed by atoms with Gasteiger partial charge in [0.25, 0.3) is 0 Å². The van der Waals surface area contributed by atoms with Crippen molar-refractivity contribution in [3.05, 3.63) is 42.0 Å². The van der Waals surface area contributed by atoms with Crippen molar-refractivity contribution in [2.75, 3.05) is 20.2 Å². The highest BCUT2D eigenvalue weighted by Gasteiger charge is 2.21. The lowest BCUT2D eigenvalue weighted by Crippen LogP contribution is -2.29. The Morgan fingerprint density at radius 3 is 2.62 bits per heavy atom. The Balaban J connectivity index is 1.86. The van der Waals surface area contributed by atoms with Crippen LogP contribution in [0.3, 0.4) is 0 Å². The number of hydrogen-bond donors (Lipinski definition) is 2. The number of hydrogen-bond acceptors (Lipinski definition) is 3. The Labute approximate surface area is 126 Å². The average Bonchev–Trinajstić information content (AvgIpc) is 3.35. The molecule has 3 nitrogen and oxygen atoms in total. The third-order valence-corrected chi connectivity index (χ3v) is 4.39. The monoisotopic (exact) mass is 284 g/mol. The maximum atomic E-state index is 6.01. The van der Waals surface area contributed by atoms with Crippen molar-refractivity contribution in [2.24, 2.45) is 11.7 Å². The molecule has 21 heavy (non-hydrogen) atoms. The predicted molar refractivity (Wildman–Crippen MR) is 87.6 cm³/mol. The summed E-state index contributed by atoms with van der Waals surface area (Å²) in [6.07, 6.45) is 4.07. The summed E-state index contributed by atoms with van der Waals surface area (Å²) in [5.74, 6) is 1.87. The van der Waals surface area contributed by atoms with Crippen LogP contribution in [0.4, 0.5) is 0 Å². The lowest BCUT2D eigenvalue weighted by molar-refractivity contribution is 0.419. The Morgan fingerprint density at radius 2 is 1.95 bits per heavy atom. The highest BCUT2D eigenvalue weighted by molar-refractivity contribution is 5.91. The molecular formula is C18H24N2O. The van der Waals surface area contributed by atoms with Crippen LogP contribution in [0, 0.1) is 5.92 Å². The zero-order valence-corrected chi connectivity index (χ0v) is 12.6. The summed E-state index contributed by atoms with van der Waals surface area (Å²) in [7, 11) is 1.72. The van der Waals surface area contributed by atoms with Crippen molar-refractivity contribution >= 4 is 10.8 Å². The van der Waals surface area contributed by atoms with Gasteiger partial charge in [-0.2, -0.15) is 0 Å². The van der Waals surface area contributed by atoms with Crippen LogP contribution in [-0.4, -0.2) is 20.2 Å². The van der Waals surface area contributed by atoms with Crippen molar-refractivity contribution in [2.45, 2.75) is 25.3 Å². The van der Waals surface area contributed by atoms with E-state index in [0.717, 1.165) is 23.6 Å². The molecule has 2 aromatic rings. The fourth-order valence-corrected chi connectivity index (χ4v) is 2.97. The van der Waals surface area contributed by atoms with Gasteiger partial charge in [0, 0.05) is 18.0 Å². The Hall–Kier alpha value is -1.58. The van der Waals surface area contributed by atoms with Gasteiger partial charge in [0.05, 0.1) is 7.11 Å². The van der Waals surface area contributed by atoms with Crippen LogP contribution in [0.5, 0.6) is 5.75 Å². The summed E-state index contributed by atoms with van der Waals surface area (Å²) >= 11 is 0. The van der Waals surface area contributed by atoms with Crippen LogP contribution in [0.2, 0.25) is 0 Å². The van der Waals surface area contributed by atoms with E-state index >= 15 is 0 Å². The smallest absolute Gasteiger partial charge is 0.126 e. The average molecular weight is 284 g/mol. The molecule has 2 aromatic carbocycles. The topological polar surface area (TPSA) is 47.3 Å². The van der Waals surface area contributed by atoms with Gasteiger partial charge >= 0.3 is 0 Å². The number of rotatable bonds is 7. The second-order valence-corrected chi connectivity index (χ2v) is 5.88. The number of nitrogens with two attached hydrogens (primary N) is 1. The van der Waals surface area contributed by atoms with Crippen LogP contribution in [0.15, 0.2) is 36.4 Å². The zero-order valence-electron chi connectivity index (χ0n) is 12.6. The van der Waals surface area contributed by atoms with Crippen molar-refractivity contribution < 1.29 is 4.74 Å². The van der Waals surface area contributed by atoms with E-state index in [1.54, 1.807) is 7.11 Å². The lowest BCUT2D eigenvalue weighted by Gasteiger charge is -2.20. The Kier molecular flexibility index (Phi) is 4.42. The van der Waals surface area contributed by atoms with E-state index in [4.69, 9.17) is 10.5 Å². The first-order chi connectivity index (χ1) is 10.3. The van der Waals surface area contributed by atoms with Crippen molar-refractivity contribution in [1.82, 2.24) is 5.32 Å². The summed E-state index contributed by atoms with van der Waals surface area (Å²) in [5, 5.41) is 6.00. The van der Waals surface area contributed by atoms with Crippen molar-refractivity contribution in [1.29, 1.82) is 0 Å². The molecular weight excluding hydrogens is 260 g/mol. The maximum absolute atomic E-state index is 6.01. The highest BCUT2D eigenvalue weighted by atomic mass is 16.5. The van der Waals surface area contributed by atoms with Crippen LogP contribution in [0.1, 0.15) is 30.9 Å². The first kappa shape index (κ1) is 14.4. The normalized spacial score (nSPS) is 16.1. The van der Waals surface area contributed by atoms with Gasteiger partial charge in [0.2, 0.25) is 0 Å². The second kappa shape index (κ2) is 6.46. The van der Waals surface area contributed by atoms with E-state index in [2.05, 4.69) is 29.6 Å². The summed E-state index contributed by atoms with van der Waals surface area (Å²) in [5.41, 5.74) is 7.27. The fraction of sp³-hybridized carbons (Fsp3) is 0.444. The molecule has 112 valence electrons. The van der Waals surface area contributed by atoms with Gasteiger partial charge in [-0.3, -0.25) is 0 Å². The minimum atomic E-state index is 0.208. The molecule has 0 aromatic heterocycles. The number of ether oxygens (including phenoxy) is 1. The third-order valence-electron chi connectivity index (χ3n) is 4.39. The molecule has 1 fully saturated rings. The molecule has 3 N–H and O–H groups in total. The van der Waals surface area contributed by atoms with Gasteiger partial charge in [-0.15, -0.1) is 0 Å². The van der Waals surface area contributed by atoms with Crippen molar-refractivity contribution in [3.63, 3.8) is 0 Å². The van der Waals surface area contributed by atoms with Gasteiger partial charge in [0.15, 0.2) is 0 Å². The molecule has 1 atom stereocenters. The molecule has 1 aliphatic carbocycles. The van der Waals surface area contributed by atoms with E-state index in [9.17, 15) is 0 Å². The minimum absolute atomic E-state index is 0.208. The number of nitrogens with one attached hydrogen (secondary N) is 1. The van der Waals surface area contributed by atoms with Gasteiger partial charge in [0.1, 0.15) is 5.75 Å². The first-order valence-electron chi connectivity index (χ1n) is 7.82. The SMILES string of the molecule is COc1ccc(C(CN)NCCC2CC2)c2ccccc12. The van der Waals surface area contributed by atoms with Crippen molar-refractivity contribution in [3.8, 4) is 5.75 Å². The molecule has 0 saturated heterocycles. The van der Waals surface area contributed by atoms with Gasteiger partial charge in [-0.1, -0.05) is 43.2 Å². The molecule has 1 saturated carbocycles. The zero-order chi connectivity index (χ0) is 14.7. The number of benzene rings is 2. The Bertz CT molecular complexity index is 607. The van der Waals surface area contributed by atoms with Gasteiger partial charge < -0.3 is 15.8 Å². The molecule has 0 bridgehead atoms. The molecule has 0 heterocycles. The van der Waals surface area contributed by atoms with Gasteiger partial charge in [-0.05, 0) is 35.9 Å². The van der Waals surface area contributed by atoms with E-state index in [1.807, 2.05) is 12.1 Å². The first-order valence-corrected chi connectivity index (χ1v) is 7.82. The summed E-state index contributed by atoms with van der Waals surface area (Å²) < 4.78 is 5.47. The second-order valence-electron chi connectivity index (χ2n) is 5.88. The molecule has 3 heteroatoms. The molecule has 0 radical (unpaired) electrons. The molecule has 0 aliphatic heterocycles. The summed E-state index contributed by atoms with van der Waals surface area (Å²) in [4.78, 5) is 0. The quantitative estimate of drug-likeness (QED) is 0.820. The maximum Gasteiger partial charge on any atom is 0.126 e. The number of methoxy groups -OCH3 is 1. The number of fused-ring (bicyclic) bond motifs is 1. The van der Waals surface area contributed by atoms with E-state index in [-0.39, 0.29) is 6.04 Å². The lowest BCUT2D eigenvalue weighted by atomic mass is 9.98. The van der Waals surface area contributed by atoms with Crippen LogP contribution in [0.25, 0.3) is 10.8 Å². The Morgan fingerprint density at radius 1 is 1.19 bits per heavy atom. The van der Waals surface area contributed by atoms with Crippen LogP contribution >= 0.6 is 0 Å². The standard InChI is InChI=1S/C18H24N2O/c1-21-18-9-8-15(14-4-2-3-5-16(14)18)17(12-19)20-11-10-13-6-7-13/h2-5,8-9,13,17,20H,6-7,10-12,19H2,1H3. The predicted octanol–water partition coefficient (Wildman–Crippen LogP) is 3.24. The molecule has 0 amide bonds. The van der Waals surface area contributed by atoms with E-state index in [1.165, 1.54) is 30.2 Å². The fourth-order valence-electron chi connectivity index (χ4n) is 2.97. The molecule has 3 rings (SSSR count). The summed E-state index contributed by atoms with van der Waals surface area (Å²) in [6.45, 7) is 1.66. The van der Waals surface area contributed by atoms with E-state index < -0.39 is 0 Å². The highest BCUT2D eigenvalue weighted by Crippen LogP contribution is 2.33. The summed E-state index contributed by atoms with van der Waals surface area (Å²) in [6, 6.07) is 12.8. The minimum Gasteiger partial charge on any atom is -0.496 e. The van der Waals surface area contributed by atoms with Gasteiger partial charge in [-0.25, -0.2) is 0 Å². The van der Waals surface area contributed by atoms with Crippen LogP contribution in [-0.2, 0) is 0 Å². The van der Waals surface area contributed by atoms with Crippen LogP contribution < -0.4 is 15.8 Å². The van der Waals surface area contributed by atoms with E-state index in [0.29, 0.717) is 6.54 Å². The molecule has 1 aliphatic rings.